The fourth-order valence-corrected chi connectivity index (χ4v) is 3.14. The molecule has 4 nitrogen and oxygen atoms in total. The highest BCUT2D eigenvalue weighted by molar-refractivity contribution is 5.81. The third-order valence-electron chi connectivity index (χ3n) is 4.61. The lowest BCUT2D eigenvalue weighted by Gasteiger charge is -2.09. The Labute approximate surface area is 166 Å². The van der Waals surface area contributed by atoms with Crippen LogP contribution in [0, 0.1) is 0 Å². The van der Waals surface area contributed by atoms with Gasteiger partial charge in [-0.2, -0.15) is 0 Å². The van der Waals surface area contributed by atoms with Crippen LogP contribution in [0.5, 0.6) is 0 Å². The third-order valence-corrected chi connectivity index (χ3v) is 4.61. The molecule has 3 aromatic rings. The molecule has 0 saturated heterocycles. The number of rotatable bonds is 10. The molecule has 3 rings (SSSR count). The molecule has 1 N–H and O–H groups in total. The van der Waals surface area contributed by atoms with Gasteiger partial charge in [-0.3, -0.25) is 4.79 Å². The van der Waals surface area contributed by atoms with E-state index in [0.29, 0.717) is 6.42 Å². The molecule has 0 fully saturated rings. The van der Waals surface area contributed by atoms with Crippen molar-refractivity contribution in [3.8, 4) is 0 Å². The molecule has 1 amide bonds. The van der Waals surface area contributed by atoms with Gasteiger partial charge in [-0.15, -0.1) is 0 Å². The minimum absolute atomic E-state index is 0.111. The third kappa shape index (κ3) is 6.23. The fourth-order valence-electron chi connectivity index (χ4n) is 3.14. The van der Waals surface area contributed by atoms with Gasteiger partial charge < -0.3 is 9.88 Å². The Kier molecular flexibility index (Phi) is 7.62. The molecule has 0 bridgehead atoms. The van der Waals surface area contributed by atoms with E-state index < -0.39 is 0 Å². The van der Waals surface area contributed by atoms with Crippen LogP contribution >= 0.6 is 0 Å². The Morgan fingerprint density at radius 2 is 1.64 bits per heavy atom. The van der Waals surface area contributed by atoms with Gasteiger partial charge in [0.25, 0.3) is 0 Å². The van der Waals surface area contributed by atoms with Crippen LogP contribution in [-0.4, -0.2) is 22.0 Å². The number of aromatic nitrogens is 2. The van der Waals surface area contributed by atoms with E-state index in [0.717, 1.165) is 32.4 Å². The normalized spacial score (nSPS) is 10.4. The van der Waals surface area contributed by atoms with Gasteiger partial charge in [0.2, 0.25) is 5.91 Å². The zero-order valence-electron chi connectivity index (χ0n) is 16.1. The molecule has 0 aliphatic carbocycles. The van der Waals surface area contributed by atoms with Crippen molar-refractivity contribution >= 4 is 11.5 Å². The highest BCUT2D eigenvalue weighted by atomic mass is 16.1. The van der Waals surface area contributed by atoms with Crippen LogP contribution in [0.3, 0.4) is 0 Å². The molecular formula is C24H27N3O. The molecule has 144 valence electrons. The molecule has 0 unspecified atom stereocenters. The Balaban J connectivity index is 1.46. The van der Waals surface area contributed by atoms with E-state index >= 15 is 0 Å². The van der Waals surface area contributed by atoms with Gasteiger partial charge in [0.05, 0.1) is 6.33 Å². The van der Waals surface area contributed by atoms with Crippen molar-refractivity contribution in [1.82, 2.24) is 14.9 Å². The van der Waals surface area contributed by atoms with Crippen LogP contribution in [0.25, 0.3) is 5.57 Å². The zero-order valence-corrected chi connectivity index (χ0v) is 16.1. The Morgan fingerprint density at radius 3 is 2.25 bits per heavy atom. The number of aryl methyl sites for hydroxylation is 1. The maximum atomic E-state index is 12.1. The van der Waals surface area contributed by atoms with Gasteiger partial charge in [0.1, 0.15) is 0 Å². The van der Waals surface area contributed by atoms with Gasteiger partial charge in [-0.1, -0.05) is 66.7 Å². The molecule has 0 aliphatic rings. The fraction of sp³-hybridized carbons (Fsp3) is 0.250. The Hall–Kier alpha value is -3.14. The topological polar surface area (TPSA) is 46.9 Å². The minimum atomic E-state index is 0.111. The number of carbonyl (C=O) groups excluding carboxylic acids is 1. The molecule has 2 aromatic carbocycles. The average molecular weight is 374 g/mol. The van der Waals surface area contributed by atoms with Crippen LogP contribution < -0.4 is 5.32 Å². The van der Waals surface area contributed by atoms with Crippen LogP contribution in [0.2, 0.25) is 0 Å². The number of amides is 1. The quantitative estimate of drug-likeness (QED) is 0.524. The number of unbranched alkanes of at least 4 members (excludes halogenated alkanes) is 1. The monoisotopic (exact) mass is 373 g/mol. The molecule has 0 radical (unpaired) electrons. The molecule has 4 heteroatoms. The summed E-state index contributed by atoms with van der Waals surface area (Å²) < 4.78 is 2.06. The van der Waals surface area contributed by atoms with E-state index in [1.807, 2.05) is 48.9 Å². The smallest absolute Gasteiger partial charge is 0.220 e. The predicted molar refractivity (Wildman–Crippen MR) is 114 cm³/mol. The summed E-state index contributed by atoms with van der Waals surface area (Å²) in [7, 11) is 0. The van der Waals surface area contributed by atoms with Gasteiger partial charge in [0, 0.05) is 31.9 Å². The lowest BCUT2D eigenvalue weighted by molar-refractivity contribution is -0.121. The van der Waals surface area contributed by atoms with Crippen molar-refractivity contribution in [3.63, 3.8) is 0 Å². The van der Waals surface area contributed by atoms with Crippen LogP contribution in [0.1, 0.15) is 36.8 Å². The maximum Gasteiger partial charge on any atom is 0.220 e. The average Bonchev–Trinajstić information content (AvgIpc) is 3.26. The first kappa shape index (κ1) is 19.6. The molecule has 1 aromatic heterocycles. The van der Waals surface area contributed by atoms with E-state index in [1.165, 1.54) is 16.7 Å². The first-order valence-corrected chi connectivity index (χ1v) is 9.86. The van der Waals surface area contributed by atoms with Crippen LogP contribution in [0.15, 0.2) is 85.5 Å². The van der Waals surface area contributed by atoms with Crippen LogP contribution in [-0.2, 0) is 11.3 Å². The summed E-state index contributed by atoms with van der Waals surface area (Å²) in [5, 5.41) is 3.02. The number of allylic oxidation sites excluding steroid dienone is 1. The summed E-state index contributed by atoms with van der Waals surface area (Å²) in [5.74, 6) is 0.111. The zero-order chi connectivity index (χ0) is 19.4. The van der Waals surface area contributed by atoms with Crippen molar-refractivity contribution in [2.75, 3.05) is 6.54 Å². The molecule has 0 saturated carbocycles. The lowest BCUT2D eigenvalue weighted by atomic mass is 9.96. The van der Waals surface area contributed by atoms with Gasteiger partial charge in [-0.25, -0.2) is 4.98 Å². The van der Waals surface area contributed by atoms with Crippen molar-refractivity contribution in [1.29, 1.82) is 0 Å². The Morgan fingerprint density at radius 1 is 0.964 bits per heavy atom. The number of hydrogen-bond acceptors (Lipinski definition) is 2. The van der Waals surface area contributed by atoms with Crippen molar-refractivity contribution in [3.05, 3.63) is 96.6 Å². The minimum Gasteiger partial charge on any atom is -0.356 e. The first-order valence-electron chi connectivity index (χ1n) is 9.86. The molecule has 28 heavy (non-hydrogen) atoms. The predicted octanol–water partition coefficient (Wildman–Crippen LogP) is 4.69. The van der Waals surface area contributed by atoms with E-state index in [4.69, 9.17) is 0 Å². The number of nitrogens with one attached hydrogen (secondary N) is 1. The second kappa shape index (κ2) is 10.9. The first-order chi connectivity index (χ1) is 13.8. The number of imidazole rings is 1. The second-order valence-corrected chi connectivity index (χ2v) is 6.75. The molecule has 0 spiro atoms. The number of carbonyl (C=O) groups is 1. The van der Waals surface area contributed by atoms with Crippen molar-refractivity contribution < 1.29 is 4.79 Å². The standard InChI is InChI=1S/C24H27N3O/c28-24(26-16-7-8-18-27-19-17-25-20-27)15-9-14-23(21-10-3-1-4-11-21)22-12-5-2-6-13-22/h1-6,10-14,17,19-20H,7-9,15-16,18H2,(H,26,28). The summed E-state index contributed by atoms with van der Waals surface area (Å²) >= 11 is 0. The summed E-state index contributed by atoms with van der Waals surface area (Å²) in [6, 6.07) is 20.7. The van der Waals surface area contributed by atoms with E-state index in [2.05, 4.69) is 45.2 Å². The molecule has 0 atom stereocenters. The highest BCUT2D eigenvalue weighted by Gasteiger charge is 2.05. The number of benzene rings is 2. The largest absolute Gasteiger partial charge is 0.356 e. The van der Waals surface area contributed by atoms with Gasteiger partial charge in [-0.05, 0) is 36.0 Å². The van der Waals surface area contributed by atoms with Crippen molar-refractivity contribution in [2.45, 2.75) is 32.2 Å². The summed E-state index contributed by atoms with van der Waals surface area (Å²) in [4.78, 5) is 16.2. The van der Waals surface area contributed by atoms with E-state index in [9.17, 15) is 4.79 Å². The van der Waals surface area contributed by atoms with Crippen LogP contribution in [0.4, 0.5) is 0 Å². The summed E-state index contributed by atoms with van der Waals surface area (Å²) in [5.41, 5.74) is 3.52. The lowest BCUT2D eigenvalue weighted by Crippen LogP contribution is -2.24. The van der Waals surface area contributed by atoms with Gasteiger partial charge >= 0.3 is 0 Å². The van der Waals surface area contributed by atoms with Gasteiger partial charge in [0.15, 0.2) is 0 Å². The molecule has 0 aliphatic heterocycles. The maximum absolute atomic E-state index is 12.1. The molecular weight excluding hydrogens is 346 g/mol. The van der Waals surface area contributed by atoms with E-state index in [1.54, 1.807) is 6.20 Å². The highest BCUT2D eigenvalue weighted by Crippen LogP contribution is 2.23. The summed E-state index contributed by atoms with van der Waals surface area (Å²) in [6.45, 7) is 1.66. The van der Waals surface area contributed by atoms with Crippen molar-refractivity contribution in [2.24, 2.45) is 0 Å². The Bertz CT molecular complexity index is 814. The second-order valence-electron chi connectivity index (χ2n) is 6.75. The number of hydrogen-bond donors (Lipinski definition) is 1. The molecule has 1 heterocycles. The summed E-state index contributed by atoms with van der Waals surface area (Å²) in [6.07, 6.45) is 11.0. The van der Waals surface area contributed by atoms with E-state index in [-0.39, 0.29) is 5.91 Å². The SMILES string of the molecule is O=C(CCC=C(c1ccccc1)c1ccccc1)NCCCCn1ccnc1. The number of nitrogens with zero attached hydrogens (tertiary/aromatic N) is 2.